The Hall–Kier alpha value is -0.860. The fourth-order valence-corrected chi connectivity index (χ4v) is 4.33. The molecule has 2 nitrogen and oxygen atoms in total. The van der Waals surface area contributed by atoms with Gasteiger partial charge in [0.05, 0.1) is 12.2 Å². The largest absolute Gasteiger partial charge is 0.388 e. The maximum Gasteiger partial charge on any atom is 0.0818 e. The number of aliphatic hydroxyl groups is 2. The van der Waals surface area contributed by atoms with Crippen LogP contribution in [0.25, 0.3) is 0 Å². The van der Waals surface area contributed by atoms with Crippen molar-refractivity contribution in [2.24, 2.45) is 11.8 Å². The number of aliphatic hydroxyl groups excluding tert-OH is 2. The highest BCUT2D eigenvalue weighted by Gasteiger charge is 2.25. The lowest BCUT2D eigenvalue weighted by Crippen LogP contribution is -2.17. The minimum Gasteiger partial charge on any atom is -0.388 e. The van der Waals surface area contributed by atoms with Gasteiger partial charge in [-0.25, -0.2) is 0 Å². The molecule has 3 rings (SSSR count). The van der Waals surface area contributed by atoms with E-state index in [0.717, 1.165) is 36.8 Å². The number of hydrogen-bond acceptors (Lipinski definition) is 2. The molecule has 0 aliphatic heterocycles. The van der Waals surface area contributed by atoms with Crippen LogP contribution in [-0.4, -0.2) is 10.2 Å². The first-order valence-corrected chi connectivity index (χ1v) is 9.21. The predicted octanol–water partition coefficient (Wildman–Crippen LogP) is 4.91. The Morgan fingerprint density at radius 2 is 0.909 bits per heavy atom. The third-order valence-electron chi connectivity index (χ3n) is 5.81. The zero-order valence-corrected chi connectivity index (χ0v) is 13.6. The van der Waals surface area contributed by atoms with Crippen molar-refractivity contribution < 1.29 is 10.2 Å². The monoisotopic (exact) mass is 302 g/mol. The normalized spacial score (nSPS) is 24.1. The summed E-state index contributed by atoms with van der Waals surface area (Å²) in [6.07, 6.45) is 11.6. The number of benzene rings is 1. The van der Waals surface area contributed by atoms with E-state index in [0.29, 0.717) is 11.8 Å². The van der Waals surface area contributed by atoms with E-state index in [1.807, 2.05) is 24.3 Å². The summed E-state index contributed by atoms with van der Waals surface area (Å²) in [7, 11) is 0. The molecular weight excluding hydrogens is 272 g/mol. The molecule has 2 aliphatic rings. The van der Waals surface area contributed by atoms with Crippen LogP contribution in [0, 0.1) is 11.8 Å². The summed E-state index contributed by atoms with van der Waals surface area (Å²) in [5.41, 5.74) is 2.04. The highest BCUT2D eigenvalue weighted by molar-refractivity contribution is 5.26. The van der Waals surface area contributed by atoms with Gasteiger partial charge in [-0.3, -0.25) is 0 Å². The molecule has 0 spiro atoms. The van der Waals surface area contributed by atoms with Crippen molar-refractivity contribution in [1.29, 1.82) is 0 Å². The van der Waals surface area contributed by atoms with Crippen LogP contribution in [0.15, 0.2) is 24.3 Å². The molecular formula is C20H30O2. The smallest absolute Gasteiger partial charge is 0.0818 e. The van der Waals surface area contributed by atoms with Gasteiger partial charge in [-0.15, -0.1) is 0 Å². The third-order valence-corrected chi connectivity index (χ3v) is 5.81. The van der Waals surface area contributed by atoms with Gasteiger partial charge in [0.15, 0.2) is 0 Å². The second-order valence-electron chi connectivity index (χ2n) is 7.35. The molecule has 0 amide bonds. The molecule has 22 heavy (non-hydrogen) atoms. The van der Waals surface area contributed by atoms with Gasteiger partial charge in [0.1, 0.15) is 0 Å². The Bertz CT molecular complexity index is 398. The summed E-state index contributed by atoms with van der Waals surface area (Å²) in [6.45, 7) is 0. The van der Waals surface area contributed by atoms with Crippen molar-refractivity contribution in [3.8, 4) is 0 Å². The lowest BCUT2D eigenvalue weighted by molar-refractivity contribution is 0.0818. The fourth-order valence-electron chi connectivity index (χ4n) is 4.33. The van der Waals surface area contributed by atoms with Crippen molar-refractivity contribution >= 4 is 0 Å². The SMILES string of the molecule is OC(c1ccc(C(O)C2CCCCC2)cc1)C1CCCCC1. The van der Waals surface area contributed by atoms with Crippen LogP contribution in [0.5, 0.6) is 0 Å². The van der Waals surface area contributed by atoms with E-state index in [1.54, 1.807) is 0 Å². The van der Waals surface area contributed by atoms with Gasteiger partial charge >= 0.3 is 0 Å². The molecule has 0 radical (unpaired) electrons. The first-order chi connectivity index (χ1) is 10.8. The Morgan fingerprint density at radius 1 is 0.591 bits per heavy atom. The third kappa shape index (κ3) is 3.72. The van der Waals surface area contributed by atoms with E-state index in [9.17, 15) is 10.2 Å². The molecule has 0 aromatic heterocycles. The topological polar surface area (TPSA) is 40.5 Å². The van der Waals surface area contributed by atoms with Gasteiger partial charge < -0.3 is 10.2 Å². The summed E-state index contributed by atoms with van der Waals surface area (Å²) < 4.78 is 0. The van der Waals surface area contributed by atoms with Crippen molar-refractivity contribution in [3.05, 3.63) is 35.4 Å². The lowest BCUT2D eigenvalue weighted by atomic mass is 9.81. The highest BCUT2D eigenvalue weighted by atomic mass is 16.3. The summed E-state index contributed by atoms with van der Waals surface area (Å²) >= 11 is 0. The molecule has 0 bridgehead atoms. The van der Waals surface area contributed by atoms with Gasteiger partial charge in [-0.1, -0.05) is 62.8 Å². The second-order valence-corrected chi connectivity index (χ2v) is 7.35. The number of rotatable bonds is 4. The van der Waals surface area contributed by atoms with Crippen LogP contribution in [0.1, 0.15) is 87.5 Å². The minimum absolute atomic E-state index is 0.332. The number of hydrogen-bond donors (Lipinski definition) is 2. The average molecular weight is 302 g/mol. The summed E-state index contributed by atoms with van der Waals surface area (Å²) in [4.78, 5) is 0. The average Bonchev–Trinajstić information content (AvgIpc) is 2.62. The summed E-state index contributed by atoms with van der Waals surface area (Å²) in [5, 5.41) is 21.1. The Labute approximate surface area is 134 Å². The van der Waals surface area contributed by atoms with Crippen LogP contribution in [0.3, 0.4) is 0 Å². The first kappa shape index (κ1) is 16.0. The van der Waals surface area contributed by atoms with Gasteiger partial charge in [-0.05, 0) is 48.6 Å². The molecule has 2 N–H and O–H groups in total. The molecule has 2 aliphatic carbocycles. The van der Waals surface area contributed by atoms with Gasteiger partial charge in [-0.2, -0.15) is 0 Å². The molecule has 2 saturated carbocycles. The maximum absolute atomic E-state index is 10.6. The van der Waals surface area contributed by atoms with E-state index in [1.165, 1.54) is 38.5 Å². The Kier molecular flexibility index (Phi) is 5.54. The zero-order valence-electron chi connectivity index (χ0n) is 13.6. The van der Waals surface area contributed by atoms with Crippen molar-refractivity contribution in [2.75, 3.05) is 0 Å². The molecule has 0 heterocycles. The van der Waals surface area contributed by atoms with Crippen LogP contribution in [0.4, 0.5) is 0 Å². The molecule has 2 unspecified atom stereocenters. The lowest BCUT2D eigenvalue weighted by Gasteiger charge is -2.28. The molecule has 2 atom stereocenters. The van der Waals surface area contributed by atoms with E-state index in [-0.39, 0.29) is 12.2 Å². The molecule has 122 valence electrons. The summed E-state index contributed by atoms with van der Waals surface area (Å²) in [5.74, 6) is 0.839. The summed E-state index contributed by atoms with van der Waals surface area (Å²) in [6, 6.07) is 8.11. The van der Waals surface area contributed by atoms with E-state index < -0.39 is 0 Å². The van der Waals surface area contributed by atoms with E-state index in [4.69, 9.17) is 0 Å². The van der Waals surface area contributed by atoms with Gasteiger partial charge in [0.2, 0.25) is 0 Å². The first-order valence-electron chi connectivity index (χ1n) is 9.21. The maximum atomic E-state index is 10.6. The standard InChI is InChI=1S/C20H30O2/c21-19(15-7-3-1-4-8-15)17-11-13-18(14-12-17)20(22)16-9-5-2-6-10-16/h11-16,19-22H,1-10H2. The molecule has 1 aromatic rings. The quantitative estimate of drug-likeness (QED) is 0.829. The highest BCUT2D eigenvalue weighted by Crippen LogP contribution is 2.37. The fraction of sp³-hybridized carbons (Fsp3) is 0.700. The molecule has 2 heteroatoms. The van der Waals surface area contributed by atoms with E-state index >= 15 is 0 Å². The van der Waals surface area contributed by atoms with Crippen molar-refractivity contribution in [1.82, 2.24) is 0 Å². The molecule has 1 aromatic carbocycles. The van der Waals surface area contributed by atoms with Gasteiger partial charge in [0, 0.05) is 0 Å². The Morgan fingerprint density at radius 3 is 1.23 bits per heavy atom. The zero-order chi connectivity index (χ0) is 15.4. The Balaban J connectivity index is 1.63. The van der Waals surface area contributed by atoms with Crippen LogP contribution in [-0.2, 0) is 0 Å². The molecule has 0 saturated heterocycles. The van der Waals surface area contributed by atoms with Crippen molar-refractivity contribution in [2.45, 2.75) is 76.4 Å². The molecule has 2 fully saturated rings. The van der Waals surface area contributed by atoms with E-state index in [2.05, 4.69) is 0 Å². The predicted molar refractivity (Wildman–Crippen MR) is 89.5 cm³/mol. The van der Waals surface area contributed by atoms with Crippen LogP contribution in [0.2, 0.25) is 0 Å². The van der Waals surface area contributed by atoms with Crippen LogP contribution < -0.4 is 0 Å². The van der Waals surface area contributed by atoms with Crippen molar-refractivity contribution in [3.63, 3.8) is 0 Å². The minimum atomic E-state index is -0.332. The van der Waals surface area contributed by atoms with Gasteiger partial charge in [0.25, 0.3) is 0 Å². The second kappa shape index (κ2) is 7.61. The van der Waals surface area contributed by atoms with Crippen LogP contribution >= 0.6 is 0 Å².